The van der Waals surface area contributed by atoms with Gasteiger partial charge in [-0.2, -0.15) is 4.99 Å². The largest absolute Gasteiger partial charge is 0.422 e. The van der Waals surface area contributed by atoms with Crippen LogP contribution in [0.4, 0.5) is 5.69 Å². The molecule has 10 heteroatoms. The zero-order valence-electron chi connectivity index (χ0n) is 15.7. The number of hydrogen-bond donors (Lipinski definition) is 0. The van der Waals surface area contributed by atoms with E-state index >= 15 is 0 Å². The van der Waals surface area contributed by atoms with E-state index in [4.69, 9.17) is 9.15 Å². The number of non-ortho nitro benzene ring substituents is 1. The van der Waals surface area contributed by atoms with E-state index in [9.17, 15) is 19.7 Å². The van der Waals surface area contributed by atoms with Crippen LogP contribution >= 0.6 is 11.3 Å². The van der Waals surface area contributed by atoms with Crippen molar-refractivity contribution in [2.75, 3.05) is 13.7 Å². The molecule has 0 spiro atoms. The number of nitro benzene ring substituents is 1. The number of benzene rings is 2. The standard InChI is InChI=1S/C20H15N3O6S/c1-28-9-8-22-15-7-6-13(23(26)27)11-17(15)30-20(22)21-18(24)14-10-12-4-2-3-5-16(12)29-19(14)25/h2-7,10-11H,8-9H2,1H3. The Bertz CT molecular complexity index is 1420. The first-order valence-corrected chi connectivity index (χ1v) is 9.68. The molecule has 2 heterocycles. The van der Waals surface area contributed by atoms with Gasteiger partial charge in [0.05, 0.1) is 21.7 Å². The molecule has 0 unspecified atom stereocenters. The minimum absolute atomic E-state index is 0.0595. The molecule has 1 amide bonds. The number of thiazole rings is 1. The Kier molecular flexibility index (Phi) is 5.25. The lowest BCUT2D eigenvalue weighted by atomic mass is 10.2. The molecule has 4 aromatic rings. The molecule has 0 aliphatic heterocycles. The Hall–Kier alpha value is -3.63. The van der Waals surface area contributed by atoms with Gasteiger partial charge in [-0.1, -0.05) is 29.5 Å². The summed E-state index contributed by atoms with van der Waals surface area (Å²) in [6, 6.07) is 12.7. The Morgan fingerprint density at radius 3 is 2.83 bits per heavy atom. The van der Waals surface area contributed by atoms with Crippen LogP contribution in [0, 0.1) is 10.1 Å². The number of hydrogen-bond acceptors (Lipinski definition) is 7. The van der Waals surface area contributed by atoms with Gasteiger partial charge in [-0.25, -0.2) is 4.79 Å². The average molecular weight is 425 g/mol. The van der Waals surface area contributed by atoms with Crippen molar-refractivity contribution in [3.63, 3.8) is 0 Å². The normalized spacial score (nSPS) is 12.0. The second-order valence-electron chi connectivity index (χ2n) is 6.34. The van der Waals surface area contributed by atoms with Crippen LogP contribution in [0.5, 0.6) is 0 Å². The first-order chi connectivity index (χ1) is 14.5. The molecular formula is C20H15N3O6S. The van der Waals surface area contributed by atoms with E-state index in [1.807, 2.05) is 0 Å². The monoisotopic (exact) mass is 425 g/mol. The molecular weight excluding hydrogens is 410 g/mol. The molecule has 0 aliphatic rings. The van der Waals surface area contributed by atoms with E-state index in [1.165, 1.54) is 18.2 Å². The summed E-state index contributed by atoms with van der Waals surface area (Å²) in [6.07, 6.45) is 0. The summed E-state index contributed by atoms with van der Waals surface area (Å²) in [5.41, 5.74) is 0.0388. The summed E-state index contributed by atoms with van der Waals surface area (Å²) >= 11 is 1.12. The maximum atomic E-state index is 12.8. The molecule has 0 bridgehead atoms. The third-order valence-electron chi connectivity index (χ3n) is 4.47. The maximum absolute atomic E-state index is 12.8. The number of nitro groups is 1. The molecule has 0 N–H and O–H groups in total. The van der Waals surface area contributed by atoms with Gasteiger partial charge in [0.15, 0.2) is 4.80 Å². The van der Waals surface area contributed by atoms with Crippen LogP contribution in [0.1, 0.15) is 10.4 Å². The zero-order chi connectivity index (χ0) is 21.3. The SMILES string of the molecule is COCCn1c(=NC(=O)c2cc3ccccc3oc2=O)sc2cc([N+](=O)[O-])ccc21. The number of methoxy groups -OCH3 is 1. The van der Waals surface area contributed by atoms with Crippen molar-refractivity contribution >= 4 is 44.1 Å². The molecule has 0 aliphatic carbocycles. The topological polar surface area (TPSA) is 117 Å². The van der Waals surface area contributed by atoms with Gasteiger partial charge >= 0.3 is 5.63 Å². The predicted molar refractivity (Wildman–Crippen MR) is 111 cm³/mol. The average Bonchev–Trinajstić information content (AvgIpc) is 3.07. The van der Waals surface area contributed by atoms with Gasteiger partial charge in [0.1, 0.15) is 11.1 Å². The minimum Gasteiger partial charge on any atom is -0.422 e. The van der Waals surface area contributed by atoms with Gasteiger partial charge < -0.3 is 13.7 Å². The summed E-state index contributed by atoms with van der Waals surface area (Å²) in [7, 11) is 1.54. The van der Waals surface area contributed by atoms with Gasteiger partial charge in [-0.3, -0.25) is 14.9 Å². The smallest absolute Gasteiger partial charge is 0.349 e. The van der Waals surface area contributed by atoms with Crippen LogP contribution < -0.4 is 10.4 Å². The van der Waals surface area contributed by atoms with Gasteiger partial charge in [-0.05, 0) is 18.2 Å². The lowest BCUT2D eigenvalue weighted by molar-refractivity contribution is -0.384. The van der Waals surface area contributed by atoms with Crippen molar-refractivity contribution in [3.8, 4) is 0 Å². The van der Waals surface area contributed by atoms with Crippen LogP contribution in [0.25, 0.3) is 21.2 Å². The van der Waals surface area contributed by atoms with Crippen molar-refractivity contribution in [1.29, 1.82) is 0 Å². The molecule has 9 nitrogen and oxygen atoms in total. The van der Waals surface area contributed by atoms with Crippen LogP contribution in [0.15, 0.2) is 62.7 Å². The fourth-order valence-corrected chi connectivity index (χ4v) is 4.11. The van der Waals surface area contributed by atoms with E-state index in [1.54, 1.807) is 42.0 Å². The minimum atomic E-state index is -0.775. The molecule has 2 aromatic heterocycles. The Labute approximate surface area is 172 Å². The Morgan fingerprint density at radius 2 is 2.07 bits per heavy atom. The molecule has 4 rings (SSSR count). The van der Waals surface area contributed by atoms with E-state index < -0.39 is 16.5 Å². The number of amides is 1. The number of carbonyl (C=O) groups excluding carboxylic acids is 1. The molecule has 0 fully saturated rings. The van der Waals surface area contributed by atoms with E-state index in [2.05, 4.69) is 4.99 Å². The highest BCUT2D eigenvalue weighted by Gasteiger charge is 2.16. The zero-order valence-corrected chi connectivity index (χ0v) is 16.5. The Morgan fingerprint density at radius 1 is 1.27 bits per heavy atom. The molecule has 30 heavy (non-hydrogen) atoms. The number of fused-ring (bicyclic) bond motifs is 2. The Balaban J connectivity index is 1.86. The van der Waals surface area contributed by atoms with Crippen molar-refractivity contribution < 1.29 is 18.9 Å². The summed E-state index contributed by atoms with van der Waals surface area (Å²) < 4.78 is 12.7. The third-order valence-corrected chi connectivity index (χ3v) is 5.51. The molecule has 0 atom stereocenters. The quantitative estimate of drug-likeness (QED) is 0.275. The highest BCUT2D eigenvalue weighted by atomic mass is 32.1. The fraction of sp³-hybridized carbons (Fsp3) is 0.150. The molecule has 0 saturated carbocycles. The second-order valence-corrected chi connectivity index (χ2v) is 7.35. The van der Waals surface area contributed by atoms with E-state index in [-0.39, 0.29) is 11.3 Å². The summed E-state index contributed by atoms with van der Waals surface area (Å²) in [4.78, 5) is 40.1. The number of rotatable bonds is 5. The third kappa shape index (κ3) is 3.65. The number of para-hydroxylation sites is 1. The van der Waals surface area contributed by atoms with E-state index in [0.717, 1.165) is 11.3 Å². The van der Waals surface area contributed by atoms with Crippen molar-refractivity contribution in [3.05, 3.63) is 79.4 Å². The lowest BCUT2D eigenvalue weighted by Crippen LogP contribution is -2.21. The van der Waals surface area contributed by atoms with Crippen molar-refractivity contribution in [2.45, 2.75) is 6.54 Å². The second kappa shape index (κ2) is 8.01. The van der Waals surface area contributed by atoms with Gasteiger partial charge in [0, 0.05) is 31.2 Å². The number of ether oxygens (including phenoxy) is 1. The van der Waals surface area contributed by atoms with Gasteiger partial charge in [0.2, 0.25) is 0 Å². The lowest BCUT2D eigenvalue weighted by Gasteiger charge is -2.04. The van der Waals surface area contributed by atoms with Crippen LogP contribution in [0.3, 0.4) is 0 Å². The summed E-state index contributed by atoms with van der Waals surface area (Å²) in [5, 5.41) is 11.7. The fourth-order valence-electron chi connectivity index (χ4n) is 3.02. The van der Waals surface area contributed by atoms with Crippen LogP contribution in [-0.4, -0.2) is 29.1 Å². The first kappa shape index (κ1) is 19.7. The highest BCUT2D eigenvalue weighted by molar-refractivity contribution is 7.16. The summed E-state index contributed by atoms with van der Waals surface area (Å²) in [5.74, 6) is -0.748. The number of carbonyl (C=O) groups is 1. The molecule has 0 saturated heterocycles. The first-order valence-electron chi connectivity index (χ1n) is 8.86. The van der Waals surface area contributed by atoms with Crippen LogP contribution in [-0.2, 0) is 11.3 Å². The van der Waals surface area contributed by atoms with Crippen molar-refractivity contribution in [2.24, 2.45) is 4.99 Å². The number of nitrogens with zero attached hydrogens (tertiary/aromatic N) is 3. The maximum Gasteiger partial charge on any atom is 0.349 e. The highest BCUT2D eigenvalue weighted by Crippen LogP contribution is 2.23. The summed E-state index contributed by atoms with van der Waals surface area (Å²) in [6.45, 7) is 0.731. The number of aromatic nitrogens is 1. The van der Waals surface area contributed by atoms with Gasteiger partial charge in [0.25, 0.3) is 11.6 Å². The van der Waals surface area contributed by atoms with Crippen LogP contribution in [0.2, 0.25) is 0 Å². The van der Waals surface area contributed by atoms with Crippen molar-refractivity contribution in [1.82, 2.24) is 4.57 Å². The molecule has 2 aromatic carbocycles. The van der Waals surface area contributed by atoms with E-state index in [0.29, 0.717) is 39.1 Å². The molecule has 0 radical (unpaired) electrons. The molecule has 152 valence electrons. The predicted octanol–water partition coefficient (Wildman–Crippen LogP) is 3.10. The van der Waals surface area contributed by atoms with Gasteiger partial charge in [-0.15, -0.1) is 0 Å².